The molecule has 2 heterocycles. The number of nitrogens with zero attached hydrogens (tertiary/aromatic N) is 6. The van der Waals surface area contributed by atoms with Gasteiger partial charge in [-0.1, -0.05) is 36.8 Å². The molecule has 1 spiro atoms. The maximum absolute atomic E-state index is 13.7. The topological polar surface area (TPSA) is 76.4 Å². The molecule has 1 aromatic heterocycles. The Morgan fingerprint density at radius 2 is 1.85 bits per heavy atom. The van der Waals surface area contributed by atoms with Gasteiger partial charge in [0.1, 0.15) is 23.9 Å². The van der Waals surface area contributed by atoms with Gasteiger partial charge >= 0.3 is 6.03 Å². The van der Waals surface area contributed by atoms with E-state index >= 15 is 0 Å². The zero-order valence-corrected chi connectivity index (χ0v) is 19.6. The second-order valence-corrected chi connectivity index (χ2v) is 10.2. The lowest BCUT2D eigenvalue weighted by atomic mass is 9.68. The van der Waals surface area contributed by atoms with Gasteiger partial charge in [-0.2, -0.15) is 5.26 Å². The summed E-state index contributed by atoms with van der Waals surface area (Å²) in [7, 11) is 4.35. The molecule has 7 nitrogen and oxygen atoms in total. The Morgan fingerprint density at radius 1 is 1.12 bits per heavy atom. The number of benzene rings is 1. The van der Waals surface area contributed by atoms with E-state index in [1.807, 2.05) is 0 Å². The summed E-state index contributed by atoms with van der Waals surface area (Å²) in [5.74, 6) is 1.13. The first-order valence-corrected chi connectivity index (χ1v) is 12.0. The van der Waals surface area contributed by atoms with Crippen molar-refractivity contribution in [3.05, 3.63) is 54.0 Å². The first-order chi connectivity index (χ1) is 16.0. The standard InChI is InChI=1S/C26H32N6O/c1-30(2)26(21-9-4-3-5-10-21)13-11-25(12-14-26)18-31(23-15-22(16-27)28-19-29-23)24(33)32(25)17-20-7-6-8-20/h3-5,9-10,15,19-20H,6-8,11-14,17-18H2,1-2H3/t25-,26-. The highest BCUT2D eigenvalue weighted by atomic mass is 16.2. The van der Waals surface area contributed by atoms with Gasteiger partial charge in [0, 0.05) is 18.2 Å². The van der Waals surface area contributed by atoms with Crippen LogP contribution >= 0.6 is 0 Å². The van der Waals surface area contributed by atoms with Crippen LogP contribution < -0.4 is 4.90 Å². The van der Waals surface area contributed by atoms with E-state index in [1.54, 1.807) is 11.0 Å². The molecular formula is C26H32N6O. The number of anilines is 1. The zero-order valence-electron chi connectivity index (χ0n) is 19.6. The zero-order chi connectivity index (χ0) is 23.1. The molecule has 2 saturated carbocycles. The summed E-state index contributed by atoms with van der Waals surface area (Å²) in [6, 6.07) is 14.5. The molecule has 2 aromatic rings. The average molecular weight is 445 g/mol. The predicted octanol–water partition coefficient (Wildman–Crippen LogP) is 4.16. The number of carbonyl (C=O) groups excluding carboxylic acids is 1. The SMILES string of the molecule is CN(C)[C@]1(c2ccccc2)CC[C@@]2(CC1)CN(c1cc(C#N)ncn1)C(=O)N2CC1CCC1. The molecule has 0 unspecified atom stereocenters. The minimum atomic E-state index is -0.196. The summed E-state index contributed by atoms with van der Waals surface area (Å²) < 4.78 is 0. The first kappa shape index (κ1) is 21.8. The van der Waals surface area contributed by atoms with E-state index in [0.717, 1.165) is 32.2 Å². The molecule has 2 amide bonds. The Balaban J connectivity index is 1.46. The Hall–Kier alpha value is -2.98. The lowest BCUT2D eigenvalue weighted by Crippen LogP contribution is -2.56. The highest BCUT2D eigenvalue weighted by molar-refractivity contribution is 5.94. The van der Waals surface area contributed by atoms with E-state index in [1.165, 1.54) is 31.2 Å². The van der Waals surface area contributed by atoms with Crippen LogP contribution in [0.25, 0.3) is 0 Å². The third kappa shape index (κ3) is 3.67. The van der Waals surface area contributed by atoms with Crippen molar-refractivity contribution in [2.45, 2.75) is 56.0 Å². The maximum Gasteiger partial charge on any atom is 0.326 e. The van der Waals surface area contributed by atoms with E-state index in [9.17, 15) is 10.1 Å². The molecule has 3 aliphatic rings. The molecule has 0 bridgehead atoms. The Morgan fingerprint density at radius 3 is 2.45 bits per heavy atom. The van der Waals surface area contributed by atoms with Gasteiger partial charge in [0.15, 0.2) is 0 Å². The van der Waals surface area contributed by atoms with Gasteiger partial charge in [-0.15, -0.1) is 0 Å². The van der Waals surface area contributed by atoms with E-state index < -0.39 is 0 Å². The van der Waals surface area contributed by atoms with Gasteiger partial charge in [0.25, 0.3) is 0 Å². The summed E-state index contributed by atoms with van der Waals surface area (Å²) in [5.41, 5.74) is 1.43. The maximum atomic E-state index is 13.7. The van der Waals surface area contributed by atoms with Crippen LogP contribution in [-0.4, -0.2) is 58.5 Å². The quantitative estimate of drug-likeness (QED) is 0.692. The monoisotopic (exact) mass is 444 g/mol. The Labute approximate surface area is 196 Å². The number of hydrogen-bond donors (Lipinski definition) is 0. The van der Waals surface area contributed by atoms with Crippen LogP contribution in [0, 0.1) is 17.2 Å². The molecule has 0 atom stereocenters. The summed E-state index contributed by atoms with van der Waals surface area (Å²) in [4.78, 5) is 28.4. The van der Waals surface area contributed by atoms with Crippen molar-refractivity contribution in [3.8, 4) is 6.07 Å². The highest BCUT2D eigenvalue weighted by Gasteiger charge is 2.55. The van der Waals surface area contributed by atoms with Gasteiger partial charge in [-0.3, -0.25) is 9.80 Å². The van der Waals surface area contributed by atoms with Crippen LogP contribution in [0.2, 0.25) is 0 Å². The largest absolute Gasteiger partial charge is 0.326 e. The average Bonchev–Trinajstić information content (AvgIpc) is 3.08. The van der Waals surface area contributed by atoms with Crippen molar-refractivity contribution in [3.63, 3.8) is 0 Å². The first-order valence-electron chi connectivity index (χ1n) is 12.0. The fraction of sp³-hybridized carbons (Fsp3) is 0.538. The Bertz CT molecular complexity index is 1050. The van der Waals surface area contributed by atoms with Gasteiger partial charge in [0.2, 0.25) is 0 Å². The third-order valence-corrected chi connectivity index (χ3v) is 8.37. The summed E-state index contributed by atoms with van der Waals surface area (Å²) in [6.45, 7) is 1.45. The molecule has 5 rings (SSSR count). The second-order valence-electron chi connectivity index (χ2n) is 10.2. The van der Waals surface area contributed by atoms with Crippen LogP contribution in [0.1, 0.15) is 56.2 Å². The van der Waals surface area contributed by atoms with Crippen molar-refractivity contribution >= 4 is 11.8 Å². The number of rotatable bonds is 5. The molecule has 33 heavy (non-hydrogen) atoms. The molecular weight excluding hydrogens is 412 g/mol. The molecule has 2 aliphatic carbocycles. The minimum absolute atomic E-state index is 0.0198. The van der Waals surface area contributed by atoms with Crippen LogP contribution in [0.15, 0.2) is 42.7 Å². The fourth-order valence-electron chi connectivity index (χ4n) is 6.04. The van der Waals surface area contributed by atoms with Gasteiger partial charge < -0.3 is 4.90 Å². The predicted molar refractivity (Wildman–Crippen MR) is 127 cm³/mol. The number of urea groups is 1. The van der Waals surface area contributed by atoms with Crippen LogP contribution in [0.5, 0.6) is 0 Å². The molecule has 3 fully saturated rings. The van der Waals surface area contributed by atoms with Crippen molar-refractivity contribution in [1.29, 1.82) is 5.26 Å². The molecule has 1 saturated heterocycles. The molecule has 1 aliphatic heterocycles. The van der Waals surface area contributed by atoms with E-state index in [4.69, 9.17) is 0 Å². The number of carbonyl (C=O) groups is 1. The van der Waals surface area contributed by atoms with E-state index in [-0.39, 0.29) is 17.1 Å². The lowest BCUT2D eigenvalue weighted by Gasteiger charge is -2.51. The van der Waals surface area contributed by atoms with E-state index in [0.29, 0.717) is 24.0 Å². The van der Waals surface area contributed by atoms with Crippen LogP contribution in [0.3, 0.4) is 0 Å². The van der Waals surface area contributed by atoms with Gasteiger partial charge in [-0.05, 0) is 64.1 Å². The summed E-state index contributed by atoms with van der Waals surface area (Å²) in [5, 5.41) is 9.28. The van der Waals surface area contributed by atoms with Crippen LogP contribution in [-0.2, 0) is 5.54 Å². The van der Waals surface area contributed by atoms with Crippen molar-refractivity contribution in [1.82, 2.24) is 19.8 Å². The lowest BCUT2D eigenvalue weighted by molar-refractivity contribution is 0.0172. The molecule has 1 aromatic carbocycles. The third-order valence-electron chi connectivity index (χ3n) is 8.37. The number of nitriles is 1. The van der Waals surface area contributed by atoms with Gasteiger partial charge in [0.05, 0.1) is 12.1 Å². The molecule has 172 valence electrons. The number of hydrogen-bond acceptors (Lipinski definition) is 5. The van der Waals surface area contributed by atoms with E-state index in [2.05, 4.69) is 70.3 Å². The molecule has 0 N–H and O–H groups in total. The Kier molecular flexibility index (Phi) is 5.57. The van der Waals surface area contributed by atoms with Gasteiger partial charge in [-0.25, -0.2) is 14.8 Å². The van der Waals surface area contributed by atoms with Crippen molar-refractivity contribution in [2.24, 2.45) is 5.92 Å². The van der Waals surface area contributed by atoms with Crippen molar-refractivity contribution < 1.29 is 4.79 Å². The summed E-state index contributed by atoms with van der Waals surface area (Å²) in [6.07, 6.45) is 8.96. The minimum Gasteiger partial charge on any atom is -0.317 e. The fourth-order valence-corrected chi connectivity index (χ4v) is 6.04. The molecule has 7 heteroatoms. The highest BCUT2D eigenvalue weighted by Crippen LogP contribution is 2.50. The second kappa shape index (κ2) is 8.42. The normalized spacial score (nSPS) is 27.8. The van der Waals surface area contributed by atoms with Crippen molar-refractivity contribution in [2.75, 3.05) is 32.1 Å². The van der Waals surface area contributed by atoms with Crippen LogP contribution in [0.4, 0.5) is 10.6 Å². The summed E-state index contributed by atoms with van der Waals surface area (Å²) >= 11 is 0. The molecule has 0 radical (unpaired) electrons. The number of aromatic nitrogens is 2. The smallest absolute Gasteiger partial charge is 0.317 e. The number of amides is 2.